The zero-order chi connectivity index (χ0) is 11.1. The Morgan fingerprint density at radius 3 is 2.93 bits per heavy atom. The highest BCUT2D eigenvalue weighted by Gasteiger charge is 2.02. The number of amides is 1. The molecule has 1 aromatic heterocycles. The minimum absolute atomic E-state index is 0.0417. The van der Waals surface area contributed by atoms with Crippen LogP contribution in [0.4, 0.5) is 5.69 Å². The van der Waals surface area contributed by atoms with E-state index in [4.69, 9.17) is 5.73 Å². The molecule has 5 heteroatoms. The number of nitrogens with zero attached hydrogens (tertiary/aromatic N) is 2. The van der Waals surface area contributed by atoms with Gasteiger partial charge in [0.05, 0.1) is 11.9 Å². The quantitative estimate of drug-likeness (QED) is 0.684. The third-order valence-electron chi connectivity index (χ3n) is 2.10. The minimum Gasteiger partial charge on any atom is -0.330 e. The summed E-state index contributed by atoms with van der Waals surface area (Å²) in [5, 5.41) is 6.75. The van der Waals surface area contributed by atoms with Crippen molar-refractivity contribution in [3.63, 3.8) is 0 Å². The van der Waals surface area contributed by atoms with Gasteiger partial charge < -0.3 is 11.1 Å². The molecule has 1 aromatic rings. The van der Waals surface area contributed by atoms with Gasteiger partial charge in [0, 0.05) is 19.7 Å². The molecule has 0 spiro atoms. The zero-order valence-electron chi connectivity index (χ0n) is 9.07. The minimum atomic E-state index is 0.0417. The summed E-state index contributed by atoms with van der Waals surface area (Å²) in [6.07, 6.45) is 6.85. The lowest BCUT2D eigenvalue weighted by molar-refractivity contribution is -0.116. The second kappa shape index (κ2) is 6.19. The van der Waals surface area contributed by atoms with Gasteiger partial charge in [0.15, 0.2) is 0 Å². The van der Waals surface area contributed by atoms with E-state index in [1.807, 2.05) is 7.05 Å². The van der Waals surface area contributed by atoms with Crippen LogP contribution in [-0.2, 0) is 11.8 Å². The highest BCUT2D eigenvalue weighted by atomic mass is 16.1. The first-order valence-electron chi connectivity index (χ1n) is 5.21. The second-order valence-corrected chi connectivity index (χ2v) is 3.55. The number of nitrogens with one attached hydrogen (secondary N) is 1. The Morgan fingerprint density at radius 1 is 1.53 bits per heavy atom. The number of unbranched alkanes of at least 4 members (excludes halogenated alkanes) is 2. The summed E-state index contributed by atoms with van der Waals surface area (Å²) in [6, 6.07) is 0. The Morgan fingerprint density at radius 2 is 2.33 bits per heavy atom. The standard InChI is InChI=1S/C10H18N4O/c1-14-8-9(7-12-14)13-10(15)5-3-2-4-6-11/h7-8H,2-6,11H2,1H3,(H,13,15). The maximum Gasteiger partial charge on any atom is 0.224 e. The Kier molecular flexibility index (Phi) is 4.83. The molecule has 5 nitrogen and oxygen atoms in total. The number of anilines is 1. The van der Waals surface area contributed by atoms with Crippen molar-refractivity contribution in [2.45, 2.75) is 25.7 Å². The third kappa shape index (κ3) is 4.60. The van der Waals surface area contributed by atoms with Gasteiger partial charge in [-0.1, -0.05) is 6.42 Å². The molecular weight excluding hydrogens is 192 g/mol. The van der Waals surface area contributed by atoms with E-state index in [1.165, 1.54) is 0 Å². The van der Waals surface area contributed by atoms with Crippen molar-refractivity contribution >= 4 is 11.6 Å². The molecule has 15 heavy (non-hydrogen) atoms. The summed E-state index contributed by atoms with van der Waals surface area (Å²) in [6.45, 7) is 0.699. The van der Waals surface area contributed by atoms with Crippen LogP contribution in [0.1, 0.15) is 25.7 Å². The topological polar surface area (TPSA) is 72.9 Å². The van der Waals surface area contributed by atoms with Crippen LogP contribution < -0.4 is 11.1 Å². The van der Waals surface area contributed by atoms with Crippen molar-refractivity contribution in [2.75, 3.05) is 11.9 Å². The molecule has 0 aromatic carbocycles. The number of rotatable bonds is 6. The number of aryl methyl sites for hydroxylation is 1. The Hall–Kier alpha value is -1.36. The predicted octanol–water partition coefficient (Wildman–Crippen LogP) is 0.878. The fraction of sp³-hybridized carbons (Fsp3) is 0.600. The fourth-order valence-electron chi connectivity index (χ4n) is 1.32. The first-order chi connectivity index (χ1) is 7.22. The molecule has 3 N–H and O–H groups in total. The summed E-state index contributed by atoms with van der Waals surface area (Å²) in [4.78, 5) is 11.4. The summed E-state index contributed by atoms with van der Waals surface area (Å²) < 4.78 is 1.66. The van der Waals surface area contributed by atoms with Crippen molar-refractivity contribution in [3.8, 4) is 0 Å². The van der Waals surface area contributed by atoms with Crippen LogP contribution in [-0.4, -0.2) is 22.2 Å². The lowest BCUT2D eigenvalue weighted by Crippen LogP contribution is -2.10. The van der Waals surface area contributed by atoms with Gasteiger partial charge >= 0.3 is 0 Å². The molecule has 1 amide bonds. The number of carbonyl (C=O) groups excluding carboxylic acids is 1. The summed E-state index contributed by atoms with van der Waals surface area (Å²) in [5.41, 5.74) is 6.11. The van der Waals surface area contributed by atoms with Crippen LogP contribution in [0.3, 0.4) is 0 Å². The molecule has 0 fully saturated rings. The predicted molar refractivity (Wildman–Crippen MR) is 59.4 cm³/mol. The van der Waals surface area contributed by atoms with Crippen molar-refractivity contribution in [3.05, 3.63) is 12.4 Å². The highest BCUT2D eigenvalue weighted by molar-refractivity contribution is 5.90. The lowest BCUT2D eigenvalue weighted by atomic mass is 10.2. The van der Waals surface area contributed by atoms with Crippen LogP contribution in [0.5, 0.6) is 0 Å². The number of aromatic nitrogens is 2. The molecule has 0 unspecified atom stereocenters. The number of hydrogen-bond acceptors (Lipinski definition) is 3. The molecule has 0 aliphatic heterocycles. The monoisotopic (exact) mass is 210 g/mol. The van der Waals surface area contributed by atoms with Gasteiger partial charge in [-0.05, 0) is 19.4 Å². The molecule has 1 heterocycles. The van der Waals surface area contributed by atoms with Crippen LogP contribution in [0, 0.1) is 0 Å². The molecule has 0 atom stereocenters. The van der Waals surface area contributed by atoms with Crippen LogP contribution in [0.15, 0.2) is 12.4 Å². The average Bonchev–Trinajstić information content (AvgIpc) is 2.59. The maximum atomic E-state index is 11.4. The molecule has 1 rings (SSSR count). The zero-order valence-corrected chi connectivity index (χ0v) is 9.07. The maximum absolute atomic E-state index is 11.4. The van der Waals surface area contributed by atoms with Crippen molar-refractivity contribution in [1.29, 1.82) is 0 Å². The van der Waals surface area contributed by atoms with Gasteiger partial charge in [-0.25, -0.2) is 0 Å². The Bertz CT molecular complexity index is 308. The molecule has 0 aliphatic carbocycles. The van der Waals surface area contributed by atoms with Gasteiger partial charge in [-0.2, -0.15) is 5.10 Å². The first-order valence-corrected chi connectivity index (χ1v) is 5.21. The Balaban J connectivity index is 2.18. The van der Waals surface area contributed by atoms with E-state index in [-0.39, 0.29) is 5.91 Å². The van der Waals surface area contributed by atoms with Gasteiger partial charge in [0.2, 0.25) is 5.91 Å². The summed E-state index contributed by atoms with van der Waals surface area (Å²) in [5.74, 6) is 0.0417. The van der Waals surface area contributed by atoms with Gasteiger partial charge in [-0.15, -0.1) is 0 Å². The third-order valence-corrected chi connectivity index (χ3v) is 2.10. The molecule has 0 bridgehead atoms. The van der Waals surface area contributed by atoms with Crippen molar-refractivity contribution in [1.82, 2.24) is 9.78 Å². The van der Waals surface area contributed by atoms with E-state index < -0.39 is 0 Å². The lowest BCUT2D eigenvalue weighted by Gasteiger charge is -2.01. The van der Waals surface area contributed by atoms with Crippen molar-refractivity contribution < 1.29 is 4.79 Å². The van der Waals surface area contributed by atoms with E-state index >= 15 is 0 Å². The molecule has 0 saturated heterocycles. The van der Waals surface area contributed by atoms with Crippen LogP contribution in [0.25, 0.3) is 0 Å². The van der Waals surface area contributed by atoms with E-state index in [9.17, 15) is 4.79 Å². The summed E-state index contributed by atoms with van der Waals surface area (Å²) >= 11 is 0. The molecule has 0 radical (unpaired) electrons. The van der Waals surface area contributed by atoms with E-state index in [0.29, 0.717) is 13.0 Å². The normalized spacial score (nSPS) is 10.3. The first kappa shape index (κ1) is 11.7. The van der Waals surface area contributed by atoms with Gasteiger partial charge in [0.25, 0.3) is 0 Å². The summed E-state index contributed by atoms with van der Waals surface area (Å²) in [7, 11) is 1.82. The van der Waals surface area contributed by atoms with Crippen LogP contribution in [0.2, 0.25) is 0 Å². The molecule has 0 saturated carbocycles. The van der Waals surface area contributed by atoms with E-state index in [2.05, 4.69) is 10.4 Å². The van der Waals surface area contributed by atoms with Gasteiger partial charge in [-0.3, -0.25) is 9.48 Å². The average molecular weight is 210 g/mol. The number of carbonyl (C=O) groups is 1. The second-order valence-electron chi connectivity index (χ2n) is 3.55. The smallest absolute Gasteiger partial charge is 0.224 e. The number of nitrogens with two attached hydrogens (primary N) is 1. The molecule has 84 valence electrons. The molecule has 0 aliphatic rings. The Labute approximate surface area is 89.6 Å². The fourth-order valence-corrected chi connectivity index (χ4v) is 1.32. The highest BCUT2D eigenvalue weighted by Crippen LogP contribution is 2.06. The number of hydrogen-bond donors (Lipinski definition) is 2. The molecular formula is C10H18N4O. The van der Waals surface area contributed by atoms with Gasteiger partial charge in [0.1, 0.15) is 0 Å². The SMILES string of the molecule is Cn1cc(NC(=O)CCCCCN)cn1. The van der Waals surface area contributed by atoms with Crippen LogP contribution >= 0.6 is 0 Å². The largest absolute Gasteiger partial charge is 0.330 e. The van der Waals surface area contributed by atoms with E-state index in [0.717, 1.165) is 24.9 Å². The van der Waals surface area contributed by atoms with E-state index in [1.54, 1.807) is 17.1 Å². The van der Waals surface area contributed by atoms with Crippen molar-refractivity contribution in [2.24, 2.45) is 12.8 Å².